The van der Waals surface area contributed by atoms with E-state index < -0.39 is 0 Å². The molecule has 1 N–H and O–H groups in total. The topological polar surface area (TPSA) is 45.3 Å². The van der Waals surface area contributed by atoms with Crippen molar-refractivity contribution in [2.45, 2.75) is 0 Å². The van der Waals surface area contributed by atoms with E-state index in [0.717, 1.165) is 0 Å². The largest absolute Gasteiger partial charge is 0.271 e. The van der Waals surface area contributed by atoms with Crippen LogP contribution in [0.5, 0.6) is 0 Å². The van der Waals surface area contributed by atoms with Gasteiger partial charge in [0.15, 0.2) is 12.4 Å². The van der Waals surface area contributed by atoms with Crippen LogP contribution in [-0.2, 0) is 7.05 Å². The van der Waals surface area contributed by atoms with Gasteiger partial charge >= 0.3 is 0 Å². The predicted octanol–water partition coefficient (Wildman–Crippen LogP) is 2.58. The Kier molecular flexibility index (Phi) is 4.71. The number of hydrogen-bond acceptors (Lipinski definition) is 2. The minimum atomic E-state index is -0.285. The number of hydrogen-bond donors (Lipinski definition) is 1. The van der Waals surface area contributed by atoms with Crippen LogP contribution in [0.15, 0.2) is 47.8 Å². The summed E-state index contributed by atoms with van der Waals surface area (Å²) < 4.78 is 1.84. The van der Waals surface area contributed by atoms with Crippen LogP contribution in [0, 0.1) is 0 Å². The number of benzene rings is 1. The van der Waals surface area contributed by atoms with Crippen molar-refractivity contribution in [2.24, 2.45) is 12.1 Å². The van der Waals surface area contributed by atoms with Gasteiger partial charge in [-0.25, -0.2) is 9.99 Å². The van der Waals surface area contributed by atoms with E-state index in [1.54, 1.807) is 42.7 Å². The predicted molar refractivity (Wildman–Crippen MR) is 79.1 cm³/mol. The number of pyridine rings is 1. The van der Waals surface area contributed by atoms with E-state index >= 15 is 0 Å². The minimum Gasteiger partial charge on any atom is -0.267 e. The fourth-order valence-corrected chi connectivity index (χ4v) is 1.94. The molecule has 2 rings (SSSR count). The Bertz CT molecular complexity index is 654. The molecule has 0 atom stereocenters. The molecule has 6 heteroatoms. The lowest BCUT2D eigenvalue weighted by molar-refractivity contribution is -0.671. The summed E-state index contributed by atoms with van der Waals surface area (Å²) in [6.07, 6.45) is 5.04. The van der Waals surface area contributed by atoms with Crippen LogP contribution >= 0.6 is 23.2 Å². The zero-order valence-corrected chi connectivity index (χ0v) is 12.2. The van der Waals surface area contributed by atoms with Gasteiger partial charge in [-0.1, -0.05) is 29.3 Å². The minimum absolute atomic E-state index is 0.285. The summed E-state index contributed by atoms with van der Waals surface area (Å²) in [4.78, 5) is 11.8. The zero-order chi connectivity index (χ0) is 14.5. The Morgan fingerprint density at radius 1 is 1.25 bits per heavy atom. The molecule has 102 valence electrons. The van der Waals surface area contributed by atoms with Gasteiger partial charge in [0.05, 0.1) is 16.8 Å². The number of amides is 1. The lowest BCUT2D eigenvalue weighted by Gasteiger charge is -2.00. The van der Waals surface area contributed by atoms with Gasteiger partial charge in [-0.15, -0.1) is 0 Å². The highest BCUT2D eigenvalue weighted by Gasteiger charge is 2.05. The van der Waals surface area contributed by atoms with Crippen molar-refractivity contribution in [2.75, 3.05) is 0 Å². The first-order chi connectivity index (χ1) is 9.56. The van der Waals surface area contributed by atoms with Gasteiger partial charge in [0, 0.05) is 22.7 Å². The summed E-state index contributed by atoms with van der Waals surface area (Å²) in [5.41, 5.74) is 3.65. The molecule has 0 unspecified atom stereocenters. The molecule has 0 bridgehead atoms. The number of nitrogens with zero attached hydrogens (tertiary/aromatic N) is 2. The number of nitrogens with one attached hydrogen (secondary N) is 1. The quantitative estimate of drug-likeness (QED) is 0.529. The molecule has 0 aliphatic rings. The van der Waals surface area contributed by atoms with E-state index in [2.05, 4.69) is 10.5 Å². The van der Waals surface area contributed by atoms with E-state index in [4.69, 9.17) is 23.2 Å². The van der Waals surface area contributed by atoms with E-state index in [1.165, 1.54) is 6.21 Å². The van der Waals surface area contributed by atoms with E-state index in [9.17, 15) is 4.79 Å². The van der Waals surface area contributed by atoms with Gasteiger partial charge < -0.3 is 0 Å². The van der Waals surface area contributed by atoms with E-state index in [1.807, 2.05) is 11.6 Å². The molecule has 1 amide bonds. The molecule has 0 radical (unpaired) electrons. The molecule has 0 spiro atoms. The summed E-state index contributed by atoms with van der Waals surface area (Å²) in [7, 11) is 1.88. The molecule has 4 nitrogen and oxygen atoms in total. The highest BCUT2D eigenvalue weighted by molar-refractivity contribution is 6.36. The van der Waals surface area contributed by atoms with Crippen LogP contribution < -0.4 is 9.99 Å². The van der Waals surface area contributed by atoms with Crippen molar-refractivity contribution < 1.29 is 9.36 Å². The molecule has 20 heavy (non-hydrogen) atoms. The first kappa shape index (κ1) is 14.5. The van der Waals surface area contributed by atoms with Gasteiger partial charge in [0.1, 0.15) is 7.05 Å². The van der Waals surface area contributed by atoms with Gasteiger partial charge in [-0.05, 0) is 12.1 Å². The lowest BCUT2D eigenvalue weighted by atomic mass is 10.2. The Labute approximate surface area is 126 Å². The second-order valence-electron chi connectivity index (χ2n) is 4.12. The molecule has 1 aromatic carbocycles. The van der Waals surface area contributed by atoms with Crippen LogP contribution in [0.25, 0.3) is 0 Å². The molecule has 2 aromatic rings. The average molecular weight is 309 g/mol. The lowest BCUT2D eigenvalue weighted by Crippen LogP contribution is -2.27. The van der Waals surface area contributed by atoms with Crippen molar-refractivity contribution in [3.05, 3.63) is 63.9 Å². The number of hydrazone groups is 1. The first-order valence-electron chi connectivity index (χ1n) is 5.80. The van der Waals surface area contributed by atoms with Crippen LogP contribution in [0.4, 0.5) is 0 Å². The fourth-order valence-electron chi connectivity index (χ4n) is 1.48. The summed E-state index contributed by atoms with van der Waals surface area (Å²) in [5, 5.41) is 4.90. The summed E-state index contributed by atoms with van der Waals surface area (Å²) in [6.45, 7) is 0. The highest BCUT2D eigenvalue weighted by Crippen LogP contribution is 2.19. The van der Waals surface area contributed by atoms with Gasteiger partial charge in [0.2, 0.25) is 0 Å². The maximum absolute atomic E-state index is 11.8. The van der Waals surface area contributed by atoms with Crippen LogP contribution in [0.3, 0.4) is 0 Å². The molecule has 0 saturated carbocycles. The normalized spacial score (nSPS) is 10.8. The van der Waals surface area contributed by atoms with E-state index in [-0.39, 0.29) is 5.91 Å². The first-order valence-corrected chi connectivity index (χ1v) is 6.55. The third-order valence-electron chi connectivity index (χ3n) is 2.57. The zero-order valence-electron chi connectivity index (χ0n) is 10.7. The molecule has 1 aromatic heterocycles. The van der Waals surface area contributed by atoms with Crippen molar-refractivity contribution in [1.29, 1.82) is 0 Å². The van der Waals surface area contributed by atoms with Crippen molar-refractivity contribution in [3.63, 3.8) is 0 Å². The Hall–Kier alpha value is -1.91. The molecule has 1 heterocycles. The fraction of sp³-hybridized carbons (Fsp3) is 0.0714. The number of rotatable bonds is 3. The van der Waals surface area contributed by atoms with Crippen molar-refractivity contribution in [1.82, 2.24) is 5.43 Å². The highest BCUT2D eigenvalue weighted by atomic mass is 35.5. The number of aryl methyl sites for hydroxylation is 1. The Morgan fingerprint density at radius 3 is 2.60 bits per heavy atom. The molecular formula is C14H12Cl2N3O+. The van der Waals surface area contributed by atoms with Crippen LogP contribution in [0.2, 0.25) is 10.0 Å². The smallest absolute Gasteiger partial charge is 0.267 e. The molecule has 0 saturated heterocycles. The third-order valence-corrected chi connectivity index (χ3v) is 3.14. The SMILES string of the molecule is C[n+]1ccc(C(=O)NN=Cc2ccc(Cl)cc2Cl)cc1. The number of carbonyl (C=O) groups is 1. The molecule has 0 aliphatic carbocycles. The number of aromatic nitrogens is 1. The Balaban J connectivity index is 2.02. The number of carbonyl (C=O) groups excluding carboxylic acids is 1. The second-order valence-corrected chi connectivity index (χ2v) is 4.96. The summed E-state index contributed by atoms with van der Waals surface area (Å²) >= 11 is 11.8. The monoisotopic (exact) mass is 308 g/mol. The second kappa shape index (κ2) is 6.50. The van der Waals surface area contributed by atoms with Gasteiger partial charge in [0.25, 0.3) is 5.91 Å². The van der Waals surface area contributed by atoms with Gasteiger partial charge in [-0.2, -0.15) is 5.10 Å². The van der Waals surface area contributed by atoms with Crippen LogP contribution in [-0.4, -0.2) is 12.1 Å². The third kappa shape index (κ3) is 3.79. The van der Waals surface area contributed by atoms with Crippen LogP contribution in [0.1, 0.15) is 15.9 Å². The Morgan fingerprint density at radius 2 is 1.95 bits per heavy atom. The van der Waals surface area contributed by atoms with Gasteiger partial charge in [-0.3, -0.25) is 4.79 Å². The average Bonchev–Trinajstić information content (AvgIpc) is 2.42. The molecule has 0 aliphatic heterocycles. The molecule has 0 fully saturated rings. The van der Waals surface area contributed by atoms with Crippen molar-refractivity contribution >= 4 is 35.3 Å². The number of halogens is 2. The molecular weight excluding hydrogens is 297 g/mol. The van der Waals surface area contributed by atoms with E-state index in [0.29, 0.717) is 21.2 Å². The van der Waals surface area contributed by atoms with Crippen molar-refractivity contribution in [3.8, 4) is 0 Å². The summed E-state index contributed by atoms with van der Waals surface area (Å²) in [5.74, 6) is -0.285. The summed E-state index contributed by atoms with van der Waals surface area (Å²) in [6, 6.07) is 8.46. The maximum atomic E-state index is 11.8. The standard InChI is InChI=1S/C14H11Cl2N3O/c1-19-6-4-10(5-7-19)14(20)18-17-9-11-2-3-12(15)8-13(11)16/h2-9H,1H3/p+1. The maximum Gasteiger partial charge on any atom is 0.271 e.